The summed E-state index contributed by atoms with van der Waals surface area (Å²) >= 11 is 12.3. The maximum Gasteiger partial charge on any atom is 0.312 e. The number of halogens is 2. The van der Waals surface area contributed by atoms with Crippen molar-refractivity contribution in [1.82, 2.24) is 0 Å². The van der Waals surface area contributed by atoms with E-state index in [-0.39, 0.29) is 11.9 Å². The van der Waals surface area contributed by atoms with Crippen LogP contribution in [0, 0.1) is 11.3 Å². The number of rotatable bonds is 2. The van der Waals surface area contributed by atoms with E-state index in [4.69, 9.17) is 33.7 Å². The van der Waals surface area contributed by atoms with Crippen LogP contribution in [0.15, 0.2) is 17.1 Å². The minimum atomic E-state index is -0.536. The van der Waals surface area contributed by atoms with Gasteiger partial charge in [-0.25, -0.2) is 4.99 Å². The van der Waals surface area contributed by atoms with Gasteiger partial charge in [-0.3, -0.25) is 4.79 Å². The van der Waals surface area contributed by atoms with Crippen molar-refractivity contribution in [1.29, 1.82) is 0 Å². The molecule has 4 nitrogen and oxygen atoms in total. The van der Waals surface area contributed by atoms with Crippen molar-refractivity contribution in [3.8, 4) is 0 Å². The van der Waals surface area contributed by atoms with Crippen LogP contribution in [0.5, 0.6) is 0 Å². The molecular weight excluding hydrogens is 299 g/mol. The van der Waals surface area contributed by atoms with Crippen LogP contribution in [-0.2, 0) is 16.0 Å². The Hall–Kier alpha value is -1.26. The summed E-state index contributed by atoms with van der Waals surface area (Å²) in [4.78, 5) is 16.4. The number of hydrogen-bond donors (Lipinski definition) is 1. The lowest BCUT2D eigenvalue weighted by Gasteiger charge is -2.29. The Bertz CT molecular complexity index is 624. The summed E-state index contributed by atoms with van der Waals surface area (Å²) < 4.78 is 4.91. The van der Waals surface area contributed by atoms with Gasteiger partial charge in [0.1, 0.15) is 5.84 Å². The van der Waals surface area contributed by atoms with E-state index < -0.39 is 5.41 Å². The molecular formula is C14H14Cl2N2O2. The Morgan fingerprint density at radius 3 is 2.75 bits per heavy atom. The average Bonchev–Trinajstić information content (AvgIpc) is 3.23. The summed E-state index contributed by atoms with van der Waals surface area (Å²) in [6, 6.07) is 3.50. The van der Waals surface area contributed by atoms with Crippen LogP contribution in [-0.4, -0.2) is 18.9 Å². The molecule has 1 aliphatic heterocycles. The summed E-state index contributed by atoms with van der Waals surface area (Å²) in [7, 11) is 1.40. The molecule has 106 valence electrons. The van der Waals surface area contributed by atoms with Gasteiger partial charge in [0.2, 0.25) is 0 Å². The first-order valence-corrected chi connectivity index (χ1v) is 7.14. The number of carbonyl (C=O) groups is 1. The van der Waals surface area contributed by atoms with Gasteiger partial charge in [-0.05, 0) is 37.0 Å². The molecule has 3 rings (SSSR count). The summed E-state index contributed by atoms with van der Waals surface area (Å²) in [5.74, 6) is 0.0828. The van der Waals surface area contributed by atoms with Crippen molar-refractivity contribution in [2.24, 2.45) is 22.1 Å². The van der Waals surface area contributed by atoms with E-state index in [1.165, 1.54) is 7.11 Å². The number of esters is 1. The zero-order chi connectivity index (χ0) is 14.5. The topological polar surface area (TPSA) is 64.7 Å². The Kier molecular flexibility index (Phi) is 3.18. The highest BCUT2D eigenvalue weighted by Crippen LogP contribution is 2.56. The lowest BCUT2D eigenvalue weighted by Crippen LogP contribution is -2.39. The lowest BCUT2D eigenvalue weighted by atomic mass is 9.81. The van der Waals surface area contributed by atoms with Crippen molar-refractivity contribution in [2.45, 2.75) is 19.3 Å². The number of carbonyl (C=O) groups excluding carboxylic acids is 1. The minimum Gasteiger partial charge on any atom is -0.469 e. The smallest absolute Gasteiger partial charge is 0.312 e. The molecule has 1 aliphatic carbocycles. The highest BCUT2D eigenvalue weighted by Gasteiger charge is 2.58. The fraction of sp³-hybridized carbons (Fsp3) is 0.429. The monoisotopic (exact) mass is 312 g/mol. The molecule has 1 saturated carbocycles. The molecule has 1 heterocycles. The molecule has 1 aromatic rings. The molecule has 2 N–H and O–H groups in total. The third kappa shape index (κ3) is 1.90. The first-order valence-electron chi connectivity index (χ1n) is 6.39. The second-order valence-corrected chi connectivity index (χ2v) is 6.09. The number of hydrogen-bond acceptors (Lipinski definition) is 4. The lowest BCUT2D eigenvalue weighted by molar-refractivity contribution is -0.148. The number of methoxy groups -OCH3 is 1. The molecule has 0 radical (unpaired) electrons. The van der Waals surface area contributed by atoms with Crippen molar-refractivity contribution in [3.63, 3.8) is 0 Å². The number of ether oxygens (including phenoxy) is 1. The number of aliphatic imine (C=N–C) groups is 1. The largest absolute Gasteiger partial charge is 0.469 e. The van der Waals surface area contributed by atoms with Gasteiger partial charge in [0.05, 0.1) is 28.3 Å². The van der Waals surface area contributed by atoms with Crippen LogP contribution < -0.4 is 5.73 Å². The molecule has 1 fully saturated rings. The second-order valence-electron chi connectivity index (χ2n) is 5.30. The average molecular weight is 313 g/mol. The zero-order valence-electron chi connectivity index (χ0n) is 11.0. The SMILES string of the molecule is COC(=O)C1(C2Cc3c(ccc(Cl)c3Cl)N=C2N)CC1. The van der Waals surface area contributed by atoms with Crippen LogP contribution in [0.4, 0.5) is 5.69 Å². The highest BCUT2D eigenvalue weighted by molar-refractivity contribution is 6.42. The molecule has 0 aromatic heterocycles. The van der Waals surface area contributed by atoms with Gasteiger partial charge >= 0.3 is 5.97 Å². The van der Waals surface area contributed by atoms with E-state index in [1.807, 2.05) is 0 Å². The molecule has 1 unspecified atom stereocenters. The van der Waals surface area contributed by atoms with E-state index in [1.54, 1.807) is 12.1 Å². The highest BCUT2D eigenvalue weighted by atomic mass is 35.5. The quantitative estimate of drug-likeness (QED) is 0.853. The number of nitrogens with two attached hydrogens (primary N) is 1. The number of amidine groups is 1. The van der Waals surface area contributed by atoms with Crippen LogP contribution in [0.3, 0.4) is 0 Å². The standard InChI is InChI=1S/C14H14Cl2N2O2/c1-20-13(19)14(4-5-14)8-6-7-10(18-12(8)17)3-2-9(15)11(7)16/h2-3,8H,4-6H2,1H3,(H2,17,18). The Labute approximate surface area is 126 Å². The predicted molar refractivity (Wildman–Crippen MR) is 78.6 cm³/mol. The molecule has 0 spiro atoms. The maximum atomic E-state index is 12.0. The molecule has 6 heteroatoms. The van der Waals surface area contributed by atoms with Crippen molar-refractivity contribution < 1.29 is 9.53 Å². The van der Waals surface area contributed by atoms with Gasteiger partial charge in [0.25, 0.3) is 0 Å². The predicted octanol–water partition coefficient (Wildman–Crippen LogP) is 3.11. The summed E-state index contributed by atoms with van der Waals surface area (Å²) in [5.41, 5.74) is 7.12. The summed E-state index contributed by atoms with van der Waals surface area (Å²) in [6.07, 6.45) is 2.11. The third-order valence-corrected chi connectivity index (χ3v) is 5.08. The second kappa shape index (κ2) is 4.64. The zero-order valence-corrected chi connectivity index (χ0v) is 12.5. The van der Waals surface area contributed by atoms with Gasteiger partial charge < -0.3 is 10.5 Å². The van der Waals surface area contributed by atoms with Gasteiger partial charge in [0.15, 0.2) is 0 Å². The number of benzene rings is 1. The first-order chi connectivity index (χ1) is 9.49. The number of fused-ring (bicyclic) bond motifs is 1. The Morgan fingerprint density at radius 2 is 2.15 bits per heavy atom. The first kappa shape index (κ1) is 13.7. The molecule has 0 bridgehead atoms. The van der Waals surface area contributed by atoms with E-state index >= 15 is 0 Å². The van der Waals surface area contributed by atoms with Gasteiger partial charge in [0, 0.05) is 5.92 Å². The molecule has 1 aromatic carbocycles. The minimum absolute atomic E-state index is 0.168. The van der Waals surface area contributed by atoms with E-state index in [0.29, 0.717) is 22.3 Å². The van der Waals surface area contributed by atoms with Crippen molar-refractivity contribution in [3.05, 3.63) is 27.7 Å². The number of nitrogens with zero attached hydrogens (tertiary/aromatic N) is 1. The molecule has 2 aliphatic rings. The van der Waals surface area contributed by atoms with Crippen molar-refractivity contribution in [2.75, 3.05) is 7.11 Å². The van der Waals surface area contributed by atoms with Crippen LogP contribution >= 0.6 is 23.2 Å². The van der Waals surface area contributed by atoms with Crippen LogP contribution in [0.25, 0.3) is 0 Å². The van der Waals surface area contributed by atoms with E-state index in [9.17, 15) is 4.79 Å². The Morgan fingerprint density at radius 1 is 1.45 bits per heavy atom. The molecule has 1 atom stereocenters. The molecule has 0 saturated heterocycles. The third-order valence-electron chi connectivity index (χ3n) is 4.23. The molecule has 0 amide bonds. The molecule has 20 heavy (non-hydrogen) atoms. The fourth-order valence-electron chi connectivity index (χ4n) is 2.92. The van der Waals surface area contributed by atoms with E-state index in [0.717, 1.165) is 24.1 Å². The van der Waals surface area contributed by atoms with E-state index in [2.05, 4.69) is 4.99 Å². The van der Waals surface area contributed by atoms with Crippen LogP contribution in [0.2, 0.25) is 10.0 Å². The summed E-state index contributed by atoms with van der Waals surface area (Å²) in [5, 5.41) is 0.980. The fourth-order valence-corrected chi connectivity index (χ4v) is 3.33. The Balaban J connectivity index is 2.02. The summed E-state index contributed by atoms with van der Waals surface area (Å²) in [6.45, 7) is 0. The van der Waals surface area contributed by atoms with Gasteiger partial charge in [-0.1, -0.05) is 23.2 Å². The van der Waals surface area contributed by atoms with Gasteiger partial charge in [-0.15, -0.1) is 0 Å². The maximum absolute atomic E-state index is 12.0. The normalized spacial score (nSPS) is 22.8. The van der Waals surface area contributed by atoms with Gasteiger partial charge in [-0.2, -0.15) is 0 Å². The van der Waals surface area contributed by atoms with Crippen LogP contribution in [0.1, 0.15) is 18.4 Å². The van der Waals surface area contributed by atoms with Crippen molar-refractivity contribution >= 4 is 40.7 Å².